The molecule has 2 aromatic rings. The van der Waals surface area contributed by atoms with Gasteiger partial charge in [-0.1, -0.05) is 29.8 Å². The van der Waals surface area contributed by atoms with Gasteiger partial charge in [0.05, 0.1) is 19.2 Å². The molecule has 166 valence electrons. The Bertz CT molecular complexity index is 1010. The van der Waals surface area contributed by atoms with Gasteiger partial charge in [0, 0.05) is 5.56 Å². The van der Waals surface area contributed by atoms with Crippen LogP contribution in [0.15, 0.2) is 41.5 Å². The number of benzene rings is 2. The molecule has 0 fully saturated rings. The van der Waals surface area contributed by atoms with E-state index in [0.29, 0.717) is 17.1 Å². The van der Waals surface area contributed by atoms with Crippen LogP contribution in [0.4, 0.5) is 13.2 Å². The Balaban J connectivity index is 1.89. The zero-order chi connectivity index (χ0) is 23.0. The van der Waals surface area contributed by atoms with Crippen molar-refractivity contribution in [3.05, 3.63) is 58.7 Å². The molecule has 9 heteroatoms. The Hall–Kier alpha value is -3.07. The second kappa shape index (κ2) is 8.22. The number of methoxy groups -OCH3 is 1. The molecule has 1 unspecified atom stereocenters. The number of hydrogen-bond acceptors (Lipinski definition) is 5. The standard InChI is InChI=1S/C22H23F3N2O4/c1-13-8-14(2)20(15(3)9-13)31-12-19(28)27-21(29,22(23,24)25)11-18(26-27)16-6-5-7-17(10-16)30-4/h5-10,29H,11-12H2,1-4H3. The number of rotatable bonds is 5. The topological polar surface area (TPSA) is 71.4 Å². The lowest BCUT2D eigenvalue weighted by atomic mass is 10.0. The molecule has 1 N–H and O–H groups in total. The average Bonchev–Trinajstić information content (AvgIpc) is 3.06. The van der Waals surface area contributed by atoms with E-state index >= 15 is 0 Å². The summed E-state index contributed by atoms with van der Waals surface area (Å²) in [6, 6.07) is 9.90. The van der Waals surface area contributed by atoms with Crippen LogP contribution in [-0.4, -0.2) is 47.4 Å². The predicted molar refractivity (Wildman–Crippen MR) is 108 cm³/mol. The fraction of sp³-hybridized carbons (Fsp3) is 0.364. The first-order valence-corrected chi connectivity index (χ1v) is 9.51. The van der Waals surface area contributed by atoms with E-state index < -0.39 is 30.8 Å². The average molecular weight is 436 g/mol. The third-order valence-electron chi connectivity index (χ3n) is 5.02. The lowest BCUT2D eigenvalue weighted by Crippen LogP contribution is -2.57. The summed E-state index contributed by atoms with van der Waals surface area (Å²) < 4.78 is 51.8. The zero-order valence-corrected chi connectivity index (χ0v) is 17.6. The summed E-state index contributed by atoms with van der Waals surface area (Å²) in [5.41, 5.74) is -0.759. The van der Waals surface area contributed by atoms with Crippen molar-refractivity contribution in [2.75, 3.05) is 13.7 Å². The molecule has 1 amide bonds. The van der Waals surface area contributed by atoms with Gasteiger partial charge in [0.2, 0.25) is 0 Å². The largest absolute Gasteiger partial charge is 0.497 e. The summed E-state index contributed by atoms with van der Waals surface area (Å²) in [6.45, 7) is 4.75. The van der Waals surface area contributed by atoms with E-state index in [1.807, 2.05) is 19.1 Å². The van der Waals surface area contributed by atoms with Crippen LogP contribution >= 0.6 is 0 Å². The lowest BCUT2D eigenvalue weighted by molar-refractivity contribution is -0.302. The van der Waals surface area contributed by atoms with Crippen molar-refractivity contribution in [3.8, 4) is 11.5 Å². The Morgan fingerprint density at radius 2 is 1.84 bits per heavy atom. The van der Waals surface area contributed by atoms with Gasteiger partial charge in [0.25, 0.3) is 11.6 Å². The highest BCUT2D eigenvalue weighted by Crippen LogP contribution is 2.41. The first-order chi connectivity index (χ1) is 14.5. The third kappa shape index (κ3) is 4.36. The Morgan fingerprint density at radius 1 is 1.19 bits per heavy atom. The molecule has 1 atom stereocenters. The summed E-state index contributed by atoms with van der Waals surface area (Å²) in [5.74, 6) is -0.294. The van der Waals surface area contributed by atoms with Gasteiger partial charge in [-0.25, -0.2) is 0 Å². The van der Waals surface area contributed by atoms with Gasteiger partial charge in [-0.3, -0.25) is 4.79 Å². The van der Waals surface area contributed by atoms with E-state index in [4.69, 9.17) is 9.47 Å². The molecule has 0 aliphatic carbocycles. The van der Waals surface area contributed by atoms with Gasteiger partial charge in [-0.2, -0.15) is 23.3 Å². The number of aryl methyl sites for hydroxylation is 3. The predicted octanol–water partition coefficient (Wildman–Crippen LogP) is 3.89. The maximum atomic E-state index is 13.7. The smallest absolute Gasteiger partial charge is 0.438 e. The number of ether oxygens (including phenoxy) is 2. The molecule has 0 saturated heterocycles. The SMILES string of the molecule is COc1cccc(C2=NN(C(=O)COc3c(C)cc(C)cc3C)C(O)(C(F)(F)F)C2)c1. The van der Waals surface area contributed by atoms with Gasteiger partial charge in [-0.05, 0) is 44.0 Å². The van der Waals surface area contributed by atoms with Gasteiger partial charge >= 0.3 is 6.18 Å². The molecule has 1 aliphatic heterocycles. The van der Waals surface area contributed by atoms with Crippen LogP contribution in [0.2, 0.25) is 0 Å². The maximum Gasteiger partial charge on any atom is 0.438 e. The van der Waals surface area contributed by atoms with Crippen molar-refractivity contribution < 1.29 is 32.5 Å². The van der Waals surface area contributed by atoms with Crippen LogP contribution in [0.5, 0.6) is 11.5 Å². The molecule has 1 aliphatic rings. The highest BCUT2D eigenvalue weighted by Gasteiger charge is 2.63. The second-order valence-electron chi connectivity index (χ2n) is 7.49. The normalized spacial score (nSPS) is 18.7. The van der Waals surface area contributed by atoms with Crippen molar-refractivity contribution in [1.29, 1.82) is 0 Å². The van der Waals surface area contributed by atoms with Crippen molar-refractivity contribution in [1.82, 2.24) is 5.01 Å². The Kier molecular flexibility index (Phi) is 6.00. The van der Waals surface area contributed by atoms with Crippen LogP contribution in [0.3, 0.4) is 0 Å². The van der Waals surface area contributed by atoms with Crippen LogP contribution in [0, 0.1) is 20.8 Å². The Labute approximate surface area is 177 Å². The van der Waals surface area contributed by atoms with E-state index in [1.165, 1.54) is 19.2 Å². The fourth-order valence-corrected chi connectivity index (χ4v) is 3.58. The molecule has 0 radical (unpaired) electrons. The molecule has 0 aromatic heterocycles. The van der Waals surface area contributed by atoms with E-state index in [1.54, 1.807) is 26.0 Å². The van der Waals surface area contributed by atoms with E-state index in [0.717, 1.165) is 16.7 Å². The molecule has 1 heterocycles. The second-order valence-corrected chi connectivity index (χ2v) is 7.49. The molecule has 0 spiro atoms. The monoisotopic (exact) mass is 436 g/mol. The molecular weight excluding hydrogens is 413 g/mol. The summed E-state index contributed by atoms with van der Waals surface area (Å²) >= 11 is 0. The minimum absolute atomic E-state index is 0.0701. The number of carbonyl (C=O) groups is 1. The zero-order valence-electron chi connectivity index (χ0n) is 17.6. The van der Waals surface area contributed by atoms with Crippen LogP contribution in [-0.2, 0) is 4.79 Å². The maximum absolute atomic E-state index is 13.7. The molecular formula is C22H23F3N2O4. The number of aliphatic hydroxyl groups is 1. The molecule has 0 bridgehead atoms. The lowest BCUT2D eigenvalue weighted by Gasteiger charge is -2.32. The van der Waals surface area contributed by atoms with Crippen LogP contribution in [0.1, 0.15) is 28.7 Å². The Morgan fingerprint density at radius 3 is 2.42 bits per heavy atom. The summed E-state index contributed by atoms with van der Waals surface area (Å²) in [5, 5.41) is 14.3. The van der Waals surface area contributed by atoms with Gasteiger partial charge in [0.1, 0.15) is 11.5 Å². The van der Waals surface area contributed by atoms with Crippen molar-refractivity contribution in [2.24, 2.45) is 5.10 Å². The number of hydrazone groups is 1. The number of halogens is 3. The van der Waals surface area contributed by atoms with Crippen molar-refractivity contribution in [2.45, 2.75) is 39.1 Å². The molecule has 31 heavy (non-hydrogen) atoms. The molecule has 2 aromatic carbocycles. The summed E-state index contributed by atoms with van der Waals surface area (Å²) in [4.78, 5) is 12.7. The quantitative estimate of drug-likeness (QED) is 0.772. The third-order valence-corrected chi connectivity index (χ3v) is 5.02. The number of nitrogens with zero attached hydrogens (tertiary/aromatic N) is 2. The van der Waals surface area contributed by atoms with E-state index in [9.17, 15) is 23.1 Å². The van der Waals surface area contributed by atoms with Crippen LogP contribution in [0.25, 0.3) is 0 Å². The number of hydrogen-bond donors (Lipinski definition) is 1. The summed E-state index contributed by atoms with van der Waals surface area (Å²) in [6.07, 6.45) is -6.03. The van der Waals surface area contributed by atoms with Crippen LogP contribution < -0.4 is 9.47 Å². The highest BCUT2D eigenvalue weighted by atomic mass is 19.4. The van der Waals surface area contributed by atoms with Crippen molar-refractivity contribution >= 4 is 11.6 Å². The molecule has 6 nitrogen and oxygen atoms in total. The first kappa shape index (κ1) is 22.6. The molecule has 0 saturated carbocycles. The van der Waals surface area contributed by atoms with E-state index in [-0.39, 0.29) is 10.7 Å². The first-order valence-electron chi connectivity index (χ1n) is 9.51. The van der Waals surface area contributed by atoms with Gasteiger partial charge < -0.3 is 14.6 Å². The number of carbonyl (C=O) groups excluding carboxylic acids is 1. The minimum atomic E-state index is -5.12. The van der Waals surface area contributed by atoms with Crippen molar-refractivity contribution in [3.63, 3.8) is 0 Å². The minimum Gasteiger partial charge on any atom is -0.497 e. The van der Waals surface area contributed by atoms with Gasteiger partial charge in [-0.15, -0.1) is 0 Å². The fourth-order valence-electron chi connectivity index (χ4n) is 3.58. The number of alkyl halides is 3. The van der Waals surface area contributed by atoms with Gasteiger partial charge in [0.15, 0.2) is 6.61 Å². The highest BCUT2D eigenvalue weighted by molar-refractivity contribution is 6.03. The molecule has 3 rings (SSSR count). The summed E-state index contributed by atoms with van der Waals surface area (Å²) in [7, 11) is 1.42. The number of amides is 1. The van der Waals surface area contributed by atoms with E-state index in [2.05, 4.69) is 5.10 Å².